The molecule has 0 radical (unpaired) electrons. The normalized spacial score (nSPS) is 24.5. The van der Waals surface area contributed by atoms with E-state index in [9.17, 15) is 0 Å². The Bertz CT molecular complexity index is 252. The zero-order valence-corrected chi connectivity index (χ0v) is 8.03. The molecule has 1 fully saturated rings. The Morgan fingerprint density at radius 3 is 3.08 bits per heavy atom. The molecule has 1 N–H and O–H groups in total. The molecule has 0 amide bonds. The average molecular weight is 176 g/mol. The van der Waals surface area contributed by atoms with Crippen molar-refractivity contribution in [2.45, 2.75) is 31.7 Å². The first-order valence-corrected chi connectivity index (χ1v) is 5.02. The smallest absolute Gasteiger partial charge is 0.0447 e. The fourth-order valence-corrected chi connectivity index (χ4v) is 1.99. The van der Waals surface area contributed by atoms with Crippen LogP contribution < -0.4 is 5.32 Å². The van der Waals surface area contributed by atoms with E-state index in [2.05, 4.69) is 29.4 Å². The van der Waals surface area contributed by atoms with Crippen molar-refractivity contribution in [3.63, 3.8) is 0 Å². The Kier molecular flexibility index (Phi) is 2.60. The van der Waals surface area contributed by atoms with E-state index in [0.29, 0.717) is 12.0 Å². The third-order valence-electron chi connectivity index (χ3n) is 2.86. The van der Waals surface area contributed by atoms with Crippen LogP contribution in [0.15, 0.2) is 24.4 Å². The maximum atomic E-state index is 4.38. The molecule has 13 heavy (non-hydrogen) atoms. The van der Waals surface area contributed by atoms with Crippen LogP contribution in [0.3, 0.4) is 0 Å². The number of hydrogen-bond donors (Lipinski definition) is 1. The Balaban J connectivity index is 2.08. The molecule has 0 spiro atoms. The number of nitrogens with zero attached hydrogens (tertiary/aromatic N) is 1. The first kappa shape index (κ1) is 8.70. The lowest BCUT2D eigenvalue weighted by molar-refractivity contribution is 0.508. The first-order chi connectivity index (χ1) is 6.38. The van der Waals surface area contributed by atoms with Gasteiger partial charge in [0.1, 0.15) is 0 Å². The number of rotatable bonds is 2. The largest absolute Gasteiger partial charge is 0.313 e. The molecule has 1 saturated heterocycles. The molecular formula is C11H16N2. The fraction of sp³-hybridized carbons (Fsp3) is 0.545. The minimum atomic E-state index is 0.545. The van der Waals surface area contributed by atoms with Gasteiger partial charge in [-0.05, 0) is 31.5 Å². The van der Waals surface area contributed by atoms with Crippen LogP contribution in [0.1, 0.15) is 31.4 Å². The van der Waals surface area contributed by atoms with Gasteiger partial charge >= 0.3 is 0 Å². The maximum absolute atomic E-state index is 4.38. The molecule has 2 nitrogen and oxygen atoms in total. The number of nitrogens with one attached hydrogen (secondary N) is 1. The molecule has 0 aromatic carbocycles. The lowest BCUT2D eigenvalue weighted by Gasteiger charge is -2.18. The SMILES string of the molecule is CC(c1ccccn1)C1CCCN1. The van der Waals surface area contributed by atoms with Gasteiger partial charge < -0.3 is 5.32 Å². The Hall–Kier alpha value is -0.890. The van der Waals surface area contributed by atoms with Crippen LogP contribution in [-0.2, 0) is 0 Å². The lowest BCUT2D eigenvalue weighted by atomic mass is 9.96. The second-order valence-electron chi connectivity index (χ2n) is 3.75. The molecule has 0 saturated carbocycles. The van der Waals surface area contributed by atoms with E-state index in [-0.39, 0.29) is 0 Å². The molecule has 1 aliphatic heterocycles. The summed E-state index contributed by atoms with van der Waals surface area (Å²) in [5, 5.41) is 3.51. The Morgan fingerprint density at radius 1 is 1.54 bits per heavy atom. The highest BCUT2D eigenvalue weighted by Gasteiger charge is 2.22. The van der Waals surface area contributed by atoms with Crippen molar-refractivity contribution in [2.75, 3.05) is 6.54 Å². The molecule has 2 rings (SSSR count). The Labute approximate surface area is 79.4 Å². The van der Waals surface area contributed by atoms with E-state index in [1.54, 1.807) is 0 Å². The topological polar surface area (TPSA) is 24.9 Å². The molecule has 2 unspecified atom stereocenters. The molecular weight excluding hydrogens is 160 g/mol. The van der Waals surface area contributed by atoms with Crippen LogP contribution in [0.5, 0.6) is 0 Å². The third-order valence-corrected chi connectivity index (χ3v) is 2.86. The van der Waals surface area contributed by atoms with Gasteiger partial charge in [-0.1, -0.05) is 13.0 Å². The van der Waals surface area contributed by atoms with Crippen molar-refractivity contribution < 1.29 is 0 Å². The summed E-state index contributed by atoms with van der Waals surface area (Å²) in [5.74, 6) is 0.545. The summed E-state index contributed by atoms with van der Waals surface area (Å²) in [7, 11) is 0. The molecule has 70 valence electrons. The summed E-state index contributed by atoms with van der Waals surface area (Å²) < 4.78 is 0. The summed E-state index contributed by atoms with van der Waals surface area (Å²) in [6.45, 7) is 3.42. The van der Waals surface area contributed by atoms with Crippen molar-refractivity contribution in [2.24, 2.45) is 0 Å². The number of hydrogen-bond acceptors (Lipinski definition) is 2. The zero-order valence-electron chi connectivity index (χ0n) is 8.03. The standard InChI is InChI=1S/C11H16N2/c1-9(11-6-4-8-13-11)10-5-2-3-7-12-10/h2-3,5,7,9,11,13H,4,6,8H2,1H3. The van der Waals surface area contributed by atoms with E-state index in [1.807, 2.05) is 12.3 Å². The molecule has 0 aliphatic carbocycles. The van der Waals surface area contributed by atoms with E-state index in [4.69, 9.17) is 0 Å². The van der Waals surface area contributed by atoms with Gasteiger partial charge in [0.2, 0.25) is 0 Å². The molecule has 2 heteroatoms. The van der Waals surface area contributed by atoms with Crippen molar-refractivity contribution in [3.05, 3.63) is 30.1 Å². The zero-order chi connectivity index (χ0) is 9.10. The van der Waals surface area contributed by atoms with E-state index in [1.165, 1.54) is 25.1 Å². The molecule has 2 heterocycles. The second kappa shape index (κ2) is 3.88. The van der Waals surface area contributed by atoms with Crippen molar-refractivity contribution in [1.82, 2.24) is 10.3 Å². The van der Waals surface area contributed by atoms with Crippen LogP contribution in [0.4, 0.5) is 0 Å². The van der Waals surface area contributed by atoms with E-state index >= 15 is 0 Å². The van der Waals surface area contributed by atoms with E-state index < -0.39 is 0 Å². The van der Waals surface area contributed by atoms with E-state index in [0.717, 1.165) is 0 Å². The minimum absolute atomic E-state index is 0.545. The van der Waals surface area contributed by atoms with Gasteiger partial charge in [-0.25, -0.2) is 0 Å². The predicted octanol–water partition coefficient (Wildman–Crippen LogP) is 1.94. The van der Waals surface area contributed by atoms with Crippen LogP contribution in [-0.4, -0.2) is 17.6 Å². The lowest BCUT2D eigenvalue weighted by Crippen LogP contribution is -2.27. The first-order valence-electron chi connectivity index (χ1n) is 5.02. The van der Waals surface area contributed by atoms with Gasteiger partial charge in [0, 0.05) is 23.9 Å². The summed E-state index contributed by atoms with van der Waals surface area (Å²) in [6.07, 6.45) is 4.47. The summed E-state index contributed by atoms with van der Waals surface area (Å²) in [4.78, 5) is 4.38. The highest BCUT2D eigenvalue weighted by atomic mass is 14.9. The van der Waals surface area contributed by atoms with Crippen LogP contribution >= 0.6 is 0 Å². The van der Waals surface area contributed by atoms with Gasteiger partial charge in [-0.2, -0.15) is 0 Å². The molecule has 0 bridgehead atoms. The molecule has 2 atom stereocenters. The minimum Gasteiger partial charge on any atom is -0.313 e. The molecule has 1 aromatic heterocycles. The summed E-state index contributed by atoms with van der Waals surface area (Å²) in [5.41, 5.74) is 1.21. The quantitative estimate of drug-likeness (QED) is 0.745. The third kappa shape index (κ3) is 1.89. The van der Waals surface area contributed by atoms with Crippen LogP contribution in [0, 0.1) is 0 Å². The number of pyridine rings is 1. The van der Waals surface area contributed by atoms with Gasteiger partial charge in [-0.15, -0.1) is 0 Å². The van der Waals surface area contributed by atoms with Crippen LogP contribution in [0.2, 0.25) is 0 Å². The van der Waals surface area contributed by atoms with Crippen molar-refractivity contribution in [1.29, 1.82) is 0 Å². The summed E-state index contributed by atoms with van der Waals surface area (Å²) >= 11 is 0. The highest BCUT2D eigenvalue weighted by Crippen LogP contribution is 2.22. The Morgan fingerprint density at radius 2 is 2.46 bits per heavy atom. The predicted molar refractivity (Wildman–Crippen MR) is 53.7 cm³/mol. The maximum Gasteiger partial charge on any atom is 0.0447 e. The summed E-state index contributed by atoms with van der Waals surface area (Å²) in [6, 6.07) is 6.78. The average Bonchev–Trinajstić information content (AvgIpc) is 2.71. The van der Waals surface area contributed by atoms with Crippen molar-refractivity contribution >= 4 is 0 Å². The monoisotopic (exact) mass is 176 g/mol. The number of aromatic nitrogens is 1. The highest BCUT2D eigenvalue weighted by molar-refractivity contribution is 5.11. The fourth-order valence-electron chi connectivity index (χ4n) is 1.99. The van der Waals surface area contributed by atoms with Gasteiger partial charge in [0.05, 0.1) is 0 Å². The van der Waals surface area contributed by atoms with Gasteiger partial charge in [-0.3, -0.25) is 4.98 Å². The van der Waals surface area contributed by atoms with Crippen LogP contribution in [0.25, 0.3) is 0 Å². The molecule has 1 aliphatic rings. The second-order valence-corrected chi connectivity index (χ2v) is 3.75. The van der Waals surface area contributed by atoms with Crippen molar-refractivity contribution in [3.8, 4) is 0 Å². The van der Waals surface area contributed by atoms with Gasteiger partial charge in [0.25, 0.3) is 0 Å². The molecule has 1 aromatic rings. The van der Waals surface area contributed by atoms with Gasteiger partial charge in [0.15, 0.2) is 0 Å².